The number of fused-ring (bicyclic) bond motifs is 1. The fraction of sp³-hybridized carbons (Fsp3) is 0.296. The quantitative estimate of drug-likeness (QED) is 0.262. The number of nitrogens with zero attached hydrogens (tertiary/aromatic N) is 4. The van der Waals surface area contributed by atoms with Crippen molar-refractivity contribution in [2.75, 3.05) is 18.0 Å². The lowest BCUT2D eigenvalue weighted by Gasteiger charge is -2.22. The highest BCUT2D eigenvalue weighted by molar-refractivity contribution is 9.11. The molecule has 35 heavy (non-hydrogen) atoms. The van der Waals surface area contributed by atoms with Crippen LogP contribution in [0.25, 0.3) is 22.0 Å². The summed E-state index contributed by atoms with van der Waals surface area (Å²) in [5.41, 5.74) is 4.29. The van der Waals surface area contributed by atoms with Crippen LogP contribution in [-0.2, 0) is 6.54 Å². The van der Waals surface area contributed by atoms with E-state index >= 15 is 0 Å². The van der Waals surface area contributed by atoms with Crippen molar-refractivity contribution in [3.63, 3.8) is 0 Å². The fourth-order valence-corrected chi connectivity index (χ4v) is 5.86. The smallest absolute Gasteiger partial charge is 0.399 e. The molecular formula is C27H25BrN4O2S. The van der Waals surface area contributed by atoms with Gasteiger partial charge in [-0.2, -0.15) is 0 Å². The van der Waals surface area contributed by atoms with Crippen molar-refractivity contribution in [3.05, 3.63) is 70.3 Å². The number of hydrogen-bond acceptors (Lipinski definition) is 6. The molecule has 0 spiro atoms. The Kier molecular flexibility index (Phi) is 6.16. The third-order valence-corrected chi connectivity index (χ3v) is 8.09. The van der Waals surface area contributed by atoms with E-state index in [4.69, 9.17) is 4.74 Å². The maximum atomic E-state index is 12.9. The van der Waals surface area contributed by atoms with Gasteiger partial charge in [0.15, 0.2) is 5.06 Å². The van der Waals surface area contributed by atoms with Crippen molar-refractivity contribution in [1.29, 1.82) is 0 Å². The van der Waals surface area contributed by atoms with E-state index < -0.39 is 0 Å². The zero-order valence-corrected chi connectivity index (χ0v) is 21.6. The van der Waals surface area contributed by atoms with Gasteiger partial charge in [0.1, 0.15) is 12.1 Å². The predicted octanol–water partition coefficient (Wildman–Crippen LogP) is 6.88. The lowest BCUT2D eigenvalue weighted by Crippen LogP contribution is -2.34. The van der Waals surface area contributed by atoms with E-state index in [1.807, 2.05) is 17.0 Å². The van der Waals surface area contributed by atoms with E-state index in [-0.39, 0.29) is 12.1 Å². The minimum absolute atomic E-state index is 0.246. The zero-order chi connectivity index (χ0) is 23.8. The second-order valence-corrected chi connectivity index (χ2v) is 11.5. The first kappa shape index (κ1) is 22.5. The monoisotopic (exact) mass is 548 g/mol. The summed E-state index contributed by atoms with van der Waals surface area (Å²) in [7, 11) is 0. The van der Waals surface area contributed by atoms with Gasteiger partial charge < -0.3 is 14.5 Å². The predicted molar refractivity (Wildman–Crippen MR) is 143 cm³/mol. The van der Waals surface area contributed by atoms with Crippen LogP contribution in [0.15, 0.2) is 64.7 Å². The van der Waals surface area contributed by atoms with Gasteiger partial charge in [-0.05, 0) is 88.6 Å². The minimum Gasteiger partial charge on any atom is -0.399 e. The van der Waals surface area contributed by atoms with Crippen LogP contribution in [0.5, 0.6) is 5.06 Å². The summed E-state index contributed by atoms with van der Waals surface area (Å²) in [4.78, 5) is 26.3. The lowest BCUT2D eigenvalue weighted by atomic mass is 10.0. The maximum absolute atomic E-state index is 12.9. The summed E-state index contributed by atoms with van der Waals surface area (Å²) >= 11 is 4.84. The Hall–Kier alpha value is -2.97. The van der Waals surface area contributed by atoms with Gasteiger partial charge >= 0.3 is 6.09 Å². The van der Waals surface area contributed by atoms with Crippen LogP contribution in [0.2, 0.25) is 0 Å². The van der Waals surface area contributed by atoms with Crippen LogP contribution in [0.3, 0.4) is 0 Å². The van der Waals surface area contributed by atoms with E-state index in [1.54, 1.807) is 6.33 Å². The fourth-order valence-electron chi connectivity index (χ4n) is 4.68. The summed E-state index contributed by atoms with van der Waals surface area (Å²) in [5.74, 6) is 1.02. The molecule has 1 saturated heterocycles. The Balaban J connectivity index is 1.26. The van der Waals surface area contributed by atoms with Crippen molar-refractivity contribution >= 4 is 50.1 Å². The minimum atomic E-state index is -0.287. The Morgan fingerprint density at radius 2 is 1.89 bits per heavy atom. The topological polar surface area (TPSA) is 58.6 Å². The first-order valence-corrected chi connectivity index (χ1v) is 13.6. The number of benzene rings is 2. The van der Waals surface area contributed by atoms with Crippen molar-refractivity contribution in [2.45, 2.75) is 38.3 Å². The van der Waals surface area contributed by atoms with Crippen LogP contribution >= 0.6 is 27.3 Å². The Morgan fingerprint density at radius 3 is 2.66 bits per heavy atom. The molecule has 6 nitrogen and oxygen atoms in total. The maximum Gasteiger partial charge on any atom is 0.416 e. The highest BCUT2D eigenvalue weighted by Gasteiger charge is 2.34. The molecule has 2 aromatic carbocycles. The standard InChI is InChI=1S/C27H25BrN4O2S/c28-24-10-11-25(35-24)34-27(33)32(21-7-8-21)16-18-4-3-5-19(14-18)20-6-9-23-22(15-20)26(30-17-29-23)31-12-1-2-13-31/h3-6,9-11,14-15,17,21H,1-2,7-8,12-13,16H2. The molecule has 0 unspecified atom stereocenters. The molecule has 8 heteroatoms. The number of anilines is 1. The van der Waals surface area contributed by atoms with Gasteiger partial charge in [-0.15, -0.1) is 0 Å². The number of rotatable bonds is 6. The summed E-state index contributed by atoms with van der Waals surface area (Å²) in [6.45, 7) is 2.61. The van der Waals surface area contributed by atoms with Crippen LogP contribution in [-0.4, -0.2) is 40.1 Å². The van der Waals surface area contributed by atoms with Gasteiger partial charge in [-0.25, -0.2) is 14.8 Å². The number of carbonyl (C=O) groups excluding carboxylic acids is 1. The largest absolute Gasteiger partial charge is 0.416 e. The highest BCUT2D eigenvalue weighted by Crippen LogP contribution is 2.34. The molecule has 2 fully saturated rings. The Morgan fingerprint density at radius 1 is 1.06 bits per heavy atom. The molecule has 0 N–H and O–H groups in total. The average Bonchev–Trinajstić information content (AvgIpc) is 3.40. The van der Waals surface area contributed by atoms with E-state index in [0.717, 1.165) is 63.1 Å². The molecule has 6 rings (SSSR count). The van der Waals surface area contributed by atoms with E-state index in [9.17, 15) is 4.79 Å². The molecule has 1 saturated carbocycles. The summed E-state index contributed by atoms with van der Waals surface area (Å²) < 4.78 is 6.60. The highest BCUT2D eigenvalue weighted by atomic mass is 79.9. The molecule has 178 valence electrons. The summed E-state index contributed by atoms with van der Waals surface area (Å²) in [5, 5.41) is 1.69. The molecule has 0 bridgehead atoms. The van der Waals surface area contributed by atoms with Gasteiger partial charge in [0.05, 0.1) is 9.30 Å². The van der Waals surface area contributed by atoms with Crippen molar-refractivity contribution < 1.29 is 9.53 Å². The van der Waals surface area contributed by atoms with E-state index in [2.05, 4.69) is 73.3 Å². The molecule has 1 aliphatic heterocycles. The van der Waals surface area contributed by atoms with Gasteiger partial charge in [0.2, 0.25) is 0 Å². The van der Waals surface area contributed by atoms with E-state index in [0.29, 0.717) is 11.6 Å². The van der Waals surface area contributed by atoms with Gasteiger partial charge in [-0.3, -0.25) is 0 Å². The number of halogens is 1. The molecule has 4 aromatic rings. The molecular weight excluding hydrogens is 524 g/mol. The Labute approximate surface area is 216 Å². The molecule has 3 heterocycles. The molecule has 2 aliphatic rings. The second-order valence-electron chi connectivity index (χ2n) is 9.11. The summed E-state index contributed by atoms with van der Waals surface area (Å²) in [6.07, 6.45) is 5.83. The lowest BCUT2D eigenvalue weighted by molar-refractivity contribution is 0.147. The van der Waals surface area contributed by atoms with Crippen molar-refractivity contribution in [3.8, 4) is 16.2 Å². The SMILES string of the molecule is O=C(Oc1ccc(Br)s1)N(Cc1cccc(-c2ccc3ncnc(N4CCCC4)c3c2)c1)C1CC1. The molecule has 1 amide bonds. The normalized spacial score (nSPS) is 15.5. The average molecular weight is 549 g/mol. The first-order chi connectivity index (χ1) is 17.1. The van der Waals surface area contributed by atoms with E-state index in [1.165, 1.54) is 24.2 Å². The van der Waals surface area contributed by atoms with Gasteiger partial charge in [0, 0.05) is 31.1 Å². The third-order valence-electron chi connectivity index (χ3n) is 6.59. The van der Waals surface area contributed by atoms with Gasteiger partial charge in [-0.1, -0.05) is 35.6 Å². The van der Waals surface area contributed by atoms with Crippen LogP contribution in [0, 0.1) is 0 Å². The van der Waals surface area contributed by atoms with Crippen LogP contribution in [0.4, 0.5) is 10.6 Å². The number of carbonyl (C=O) groups is 1. The van der Waals surface area contributed by atoms with Crippen molar-refractivity contribution in [1.82, 2.24) is 14.9 Å². The zero-order valence-electron chi connectivity index (χ0n) is 19.2. The van der Waals surface area contributed by atoms with Crippen LogP contribution in [0.1, 0.15) is 31.2 Å². The molecule has 2 aromatic heterocycles. The molecule has 1 aliphatic carbocycles. The Bertz CT molecular complexity index is 1380. The van der Waals surface area contributed by atoms with Gasteiger partial charge in [0.25, 0.3) is 0 Å². The summed E-state index contributed by atoms with van der Waals surface area (Å²) in [6, 6.07) is 18.8. The van der Waals surface area contributed by atoms with Crippen molar-refractivity contribution in [2.24, 2.45) is 0 Å². The number of aromatic nitrogens is 2. The third kappa shape index (κ3) is 4.90. The van der Waals surface area contributed by atoms with Crippen LogP contribution < -0.4 is 9.64 Å². The number of ether oxygens (including phenoxy) is 1. The number of amides is 1. The number of hydrogen-bond donors (Lipinski definition) is 0. The second kappa shape index (κ2) is 9.59. The molecule has 0 radical (unpaired) electrons. The number of thiophene rings is 1. The molecule has 0 atom stereocenters. The first-order valence-electron chi connectivity index (χ1n) is 12.0.